The summed E-state index contributed by atoms with van der Waals surface area (Å²) in [5.41, 5.74) is 5.30. The number of nitrogens with two attached hydrogens (primary N) is 1. The zero-order valence-corrected chi connectivity index (χ0v) is 11.0. The van der Waals surface area contributed by atoms with E-state index in [1.165, 1.54) is 12.1 Å². The number of halogens is 2. The molecular formula is C13H16F2N2S. The molecular weight excluding hydrogens is 254 g/mol. The molecule has 0 atom stereocenters. The molecule has 18 heavy (non-hydrogen) atoms. The third-order valence-corrected chi connectivity index (χ3v) is 3.71. The lowest BCUT2D eigenvalue weighted by atomic mass is 10.00. The van der Waals surface area contributed by atoms with E-state index in [9.17, 15) is 8.78 Å². The molecule has 2 rings (SSSR count). The zero-order valence-electron chi connectivity index (χ0n) is 10.2. The van der Waals surface area contributed by atoms with Gasteiger partial charge in [-0.3, -0.25) is 0 Å². The van der Waals surface area contributed by atoms with Crippen molar-refractivity contribution in [1.29, 1.82) is 0 Å². The maximum Gasteiger partial charge on any atom is 0.182 e. The molecule has 1 aliphatic rings. The van der Waals surface area contributed by atoms with Crippen LogP contribution in [0.3, 0.4) is 0 Å². The molecule has 98 valence electrons. The predicted octanol–water partition coefficient (Wildman–Crippen LogP) is 3.34. The molecule has 1 aromatic rings. The molecule has 5 heteroatoms. The van der Waals surface area contributed by atoms with Gasteiger partial charge in [0, 0.05) is 11.1 Å². The van der Waals surface area contributed by atoms with Gasteiger partial charge in [0.1, 0.15) is 4.99 Å². The van der Waals surface area contributed by atoms with E-state index < -0.39 is 11.6 Å². The smallest absolute Gasteiger partial charge is 0.182 e. The molecule has 1 saturated carbocycles. The minimum atomic E-state index is -0.978. The normalized spacial score (nSPS) is 17.7. The first-order valence-corrected chi connectivity index (χ1v) is 6.40. The quantitative estimate of drug-likeness (QED) is 0.827. The van der Waals surface area contributed by atoms with E-state index >= 15 is 0 Å². The summed E-state index contributed by atoms with van der Waals surface area (Å²) in [5.74, 6) is -1.89. The van der Waals surface area contributed by atoms with E-state index in [2.05, 4.69) is 17.5 Å². The summed E-state index contributed by atoms with van der Waals surface area (Å²) in [6, 6.07) is 2.91. The van der Waals surface area contributed by atoms with Gasteiger partial charge in [0.05, 0.1) is 5.69 Å². The van der Waals surface area contributed by atoms with Crippen LogP contribution in [0.4, 0.5) is 14.5 Å². The molecule has 0 amide bonds. The summed E-state index contributed by atoms with van der Waals surface area (Å²) in [5, 5.41) is 3.09. The van der Waals surface area contributed by atoms with Gasteiger partial charge in [-0.05, 0) is 31.9 Å². The third-order valence-electron chi connectivity index (χ3n) is 3.49. The largest absolute Gasteiger partial charge is 0.389 e. The van der Waals surface area contributed by atoms with Crippen LogP contribution in [0.15, 0.2) is 12.1 Å². The highest BCUT2D eigenvalue weighted by molar-refractivity contribution is 7.80. The first-order valence-electron chi connectivity index (χ1n) is 5.99. The summed E-state index contributed by atoms with van der Waals surface area (Å²) >= 11 is 4.67. The van der Waals surface area contributed by atoms with Crippen LogP contribution in [0, 0.1) is 11.6 Å². The molecule has 0 heterocycles. The number of anilines is 1. The lowest BCUT2D eigenvalue weighted by Crippen LogP contribution is -2.31. The minimum Gasteiger partial charge on any atom is -0.389 e. The van der Waals surface area contributed by atoms with Crippen molar-refractivity contribution < 1.29 is 8.78 Å². The van der Waals surface area contributed by atoms with E-state index in [-0.39, 0.29) is 21.8 Å². The third kappa shape index (κ3) is 2.46. The van der Waals surface area contributed by atoms with Crippen molar-refractivity contribution in [1.82, 2.24) is 0 Å². The van der Waals surface area contributed by atoms with Crippen molar-refractivity contribution in [2.24, 2.45) is 5.73 Å². The Kier molecular flexibility index (Phi) is 3.52. The lowest BCUT2D eigenvalue weighted by Gasteiger charge is -2.27. The fourth-order valence-electron chi connectivity index (χ4n) is 2.44. The monoisotopic (exact) mass is 270 g/mol. The first-order chi connectivity index (χ1) is 8.43. The predicted molar refractivity (Wildman–Crippen MR) is 72.7 cm³/mol. The second-order valence-electron chi connectivity index (χ2n) is 5.05. The van der Waals surface area contributed by atoms with E-state index in [1.54, 1.807) is 0 Å². The fourth-order valence-corrected chi connectivity index (χ4v) is 2.60. The molecule has 1 aliphatic carbocycles. The Morgan fingerprint density at radius 3 is 2.44 bits per heavy atom. The van der Waals surface area contributed by atoms with Gasteiger partial charge in [-0.2, -0.15) is 0 Å². The summed E-state index contributed by atoms with van der Waals surface area (Å²) < 4.78 is 27.6. The Balaban J connectivity index is 2.30. The summed E-state index contributed by atoms with van der Waals surface area (Å²) in [6.07, 6.45) is 4.15. The molecule has 0 aromatic heterocycles. The van der Waals surface area contributed by atoms with Gasteiger partial charge >= 0.3 is 0 Å². The van der Waals surface area contributed by atoms with E-state index in [0.717, 1.165) is 25.7 Å². The number of rotatable bonds is 3. The minimum absolute atomic E-state index is 0.0513. The highest BCUT2D eigenvalue weighted by atomic mass is 32.1. The van der Waals surface area contributed by atoms with Gasteiger partial charge in [-0.25, -0.2) is 8.78 Å². The number of nitrogens with one attached hydrogen (secondary N) is 1. The summed E-state index contributed by atoms with van der Waals surface area (Å²) in [4.78, 5) is -0.134. The second-order valence-corrected chi connectivity index (χ2v) is 5.49. The average molecular weight is 270 g/mol. The van der Waals surface area contributed by atoms with Crippen LogP contribution in [0.1, 0.15) is 38.2 Å². The molecule has 0 bridgehead atoms. The van der Waals surface area contributed by atoms with Gasteiger partial charge in [0.15, 0.2) is 11.6 Å². The summed E-state index contributed by atoms with van der Waals surface area (Å²) in [7, 11) is 0. The van der Waals surface area contributed by atoms with Gasteiger partial charge in [0.2, 0.25) is 0 Å². The Morgan fingerprint density at radius 2 is 1.89 bits per heavy atom. The van der Waals surface area contributed by atoms with Crippen LogP contribution in [0.2, 0.25) is 0 Å². The number of hydrogen-bond acceptors (Lipinski definition) is 2. The number of thiocarbonyl (C=S) groups is 1. The van der Waals surface area contributed by atoms with Crippen LogP contribution in [-0.2, 0) is 0 Å². The van der Waals surface area contributed by atoms with Crippen molar-refractivity contribution in [2.45, 2.75) is 38.1 Å². The van der Waals surface area contributed by atoms with Gasteiger partial charge in [-0.1, -0.05) is 25.1 Å². The van der Waals surface area contributed by atoms with Crippen molar-refractivity contribution in [2.75, 3.05) is 5.32 Å². The Morgan fingerprint density at radius 1 is 1.28 bits per heavy atom. The lowest BCUT2D eigenvalue weighted by molar-refractivity contribution is 0.493. The molecule has 0 saturated heterocycles. The van der Waals surface area contributed by atoms with Gasteiger partial charge in [0.25, 0.3) is 0 Å². The SMILES string of the molecule is CC1(Nc2ccc(C(N)=S)c(F)c2F)CCCC1. The van der Waals surface area contributed by atoms with Gasteiger partial charge < -0.3 is 11.1 Å². The standard InChI is InChI=1S/C13H16F2N2S/c1-13(6-2-3-7-13)17-9-5-4-8(12(16)18)10(14)11(9)15/h4-5,17H,2-3,6-7H2,1H3,(H2,16,18). The molecule has 2 nitrogen and oxygen atoms in total. The molecule has 3 N–H and O–H groups in total. The maximum absolute atomic E-state index is 13.9. The van der Waals surface area contributed by atoms with Crippen LogP contribution in [0.25, 0.3) is 0 Å². The number of benzene rings is 1. The van der Waals surface area contributed by atoms with Crippen molar-refractivity contribution in [3.8, 4) is 0 Å². The molecule has 0 radical (unpaired) electrons. The maximum atomic E-state index is 13.9. The summed E-state index contributed by atoms with van der Waals surface area (Å²) in [6.45, 7) is 2.03. The Bertz CT molecular complexity index is 482. The number of hydrogen-bond donors (Lipinski definition) is 2. The van der Waals surface area contributed by atoms with E-state index in [4.69, 9.17) is 5.73 Å². The van der Waals surface area contributed by atoms with Gasteiger partial charge in [-0.15, -0.1) is 0 Å². The first kappa shape index (κ1) is 13.2. The highest BCUT2D eigenvalue weighted by Crippen LogP contribution is 2.34. The molecule has 0 unspecified atom stereocenters. The van der Waals surface area contributed by atoms with Crippen LogP contribution >= 0.6 is 12.2 Å². The van der Waals surface area contributed by atoms with E-state index in [1.807, 2.05) is 6.92 Å². The Labute approximate surface area is 111 Å². The average Bonchev–Trinajstić information content (AvgIpc) is 2.72. The highest BCUT2D eigenvalue weighted by Gasteiger charge is 2.29. The molecule has 0 spiro atoms. The molecule has 1 aromatic carbocycles. The van der Waals surface area contributed by atoms with E-state index in [0.29, 0.717) is 0 Å². The van der Waals surface area contributed by atoms with Crippen LogP contribution in [0.5, 0.6) is 0 Å². The second kappa shape index (κ2) is 4.80. The molecule has 1 fully saturated rings. The van der Waals surface area contributed by atoms with Crippen LogP contribution in [-0.4, -0.2) is 10.5 Å². The van der Waals surface area contributed by atoms with Crippen molar-refractivity contribution in [3.05, 3.63) is 29.3 Å². The fraction of sp³-hybridized carbons (Fsp3) is 0.462. The molecule has 0 aliphatic heterocycles. The van der Waals surface area contributed by atoms with Crippen molar-refractivity contribution >= 4 is 22.9 Å². The zero-order chi connectivity index (χ0) is 13.3. The topological polar surface area (TPSA) is 38.0 Å². The van der Waals surface area contributed by atoms with Crippen LogP contribution < -0.4 is 11.1 Å². The van der Waals surface area contributed by atoms with Crippen molar-refractivity contribution in [3.63, 3.8) is 0 Å². The Hall–Kier alpha value is -1.23.